The van der Waals surface area contributed by atoms with Gasteiger partial charge in [0.15, 0.2) is 0 Å². The fourth-order valence-electron chi connectivity index (χ4n) is 2.65. The molecular formula is C20H24N2S2. The van der Waals surface area contributed by atoms with Crippen LogP contribution in [0.2, 0.25) is 0 Å². The maximum atomic E-state index is 3.54. The quantitative estimate of drug-likeness (QED) is 0.524. The lowest BCUT2D eigenvalue weighted by atomic mass is 10.1. The summed E-state index contributed by atoms with van der Waals surface area (Å²) in [5.41, 5.74) is 2.72. The third kappa shape index (κ3) is 5.87. The zero-order valence-electron chi connectivity index (χ0n) is 13.8. The zero-order chi connectivity index (χ0) is 16.5. The van der Waals surface area contributed by atoms with E-state index in [1.165, 1.54) is 20.9 Å². The summed E-state index contributed by atoms with van der Waals surface area (Å²) in [6.07, 6.45) is 2.23. The molecule has 1 aromatic carbocycles. The molecule has 0 fully saturated rings. The third-order valence-electron chi connectivity index (χ3n) is 3.91. The van der Waals surface area contributed by atoms with Gasteiger partial charge in [0.1, 0.15) is 0 Å². The molecule has 0 aliphatic rings. The van der Waals surface area contributed by atoms with Gasteiger partial charge in [-0.15, -0.1) is 22.7 Å². The summed E-state index contributed by atoms with van der Waals surface area (Å²) in [6.45, 7) is 3.94. The molecule has 0 unspecified atom stereocenters. The van der Waals surface area contributed by atoms with Gasteiger partial charge in [0.25, 0.3) is 0 Å². The average Bonchev–Trinajstić information content (AvgIpc) is 3.30. The maximum Gasteiger partial charge on any atom is 0.0205 e. The summed E-state index contributed by atoms with van der Waals surface area (Å²) in [5.74, 6) is 0. The van der Waals surface area contributed by atoms with E-state index in [9.17, 15) is 0 Å². The topological polar surface area (TPSA) is 24.1 Å². The Morgan fingerprint density at radius 3 is 1.67 bits per heavy atom. The minimum Gasteiger partial charge on any atom is -0.312 e. The van der Waals surface area contributed by atoms with Gasteiger partial charge >= 0.3 is 0 Å². The largest absolute Gasteiger partial charge is 0.312 e. The summed E-state index contributed by atoms with van der Waals surface area (Å²) in [6, 6.07) is 17.5. The summed E-state index contributed by atoms with van der Waals surface area (Å²) in [7, 11) is 0. The predicted molar refractivity (Wildman–Crippen MR) is 106 cm³/mol. The molecular weight excluding hydrogens is 332 g/mol. The standard InChI is InChI=1S/C20H24N2S2/c1-4-17(15-21-10-8-19-6-2-12-23-19)14-18(5-1)16-22-11-9-20-7-3-13-24-20/h1-7,12-14,21-22H,8-11,15-16H2. The Balaban J connectivity index is 1.35. The summed E-state index contributed by atoms with van der Waals surface area (Å²) < 4.78 is 0. The van der Waals surface area contributed by atoms with Gasteiger partial charge in [0.2, 0.25) is 0 Å². The smallest absolute Gasteiger partial charge is 0.0205 e. The van der Waals surface area contributed by atoms with Crippen LogP contribution in [0.15, 0.2) is 59.3 Å². The van der Waals surface area contributed by atoms with Crippen molar-refractivity contribution >= 4 is 22.7 Å². The van der Waals surface area contributed by atoms with Crippen LogP contribution < -0.4 is 10.6 Å². The molecule has 0 atom stereocenters. The molecule has 2 N–H and O–H groups in total. The van der Waals surface area contributed by atoms with Crippen LogP contribution >= 0.6 is 22.7 Å². The first-order valence-electron chi connectivity index (χ1n) is 8.44. The van der Waals surface area contributed by atoms with Crippen molar-refractivity contribution in [3.63, 3.8) is 0 Å². The Morgan fingerprint density at radius 2 is 1.21 bits per heavy atom. The fraction of sp³-hybridized carbons (Fsp3) is 0.300. The minimum absolute atomic E-state index is 0.939. The molecule has 0 bridgehead atoms. The molecule has 2 heterocycles. The molecule has 4 heteroatoms. The lowest BCUT2D eigenvalue weighted by molar-refractivity contribution is 0.679. The monoisotopic (exact) mass is 356 g/mol. The van der Waals surface area contributed by atoms with Gasteiger partial charge in [-0.1, -0.05) is 36.4 Å². The van der Waals surface area contributed by atoms with Crippen LogP contribution in [0, 0.1) is 0 Å². The molecule has 0 radical (unpaired) electrons. The van der Waals surface area contributed by atoms with Crippen LogP contribution in [-0.2, 0) is 25.9 Å². The van der Waals surface area contributed by atoms with Crippen LogP contribution in [0.1, 0.15) is 20.9 Å². The van der Waals surface area contributed by atoms with Crippen molar-refractivity contribution in [1.82, 2.24) is 10.6 Å². The molecule has 0 saturated heterocycles. The number of hydrogen-bond acceptors (Lipinski definition) is 4. The van der Waals surface area contributed by atoms with Gasteiger partial charge in [-0.25, -0.2) is 0 Å². The van der Waals surface area contributed by atoms with Crippen molar-refractivity contribution < 1.29 is 0 Å². The SMILES string of the molecule is c1cc(CNCCc2cccs2)cc(CNCCc2cccs2)c1. The minimum atomic E-state index is 0.939. The van der Waals surface area contributed by atoms with E-state index in [-0.39, 0.29) is 0 Å². The first kappa shape index (κ1) is 17.4. The third-order valence-corrected chi connectivity index (χ3v) is 5.78. The highest BCUT2D eigenvalue weighted by molar-refractivity contribution is 7.10. The molecule has 3 aromatic rings. The van der Waals surface area contributed by atoms with Crippen molar-refractivity contribution in [2.75, 3.05) is 13.1 Å². The fourth-order valence-corrected chi connectivity index (χ4v) is 4.07. The highest BCUT2D eigenvalue weighted by Gasteiger charge is 1.98. The van der Waals surface area contributed by atoms with Crippen LogP contribution in [0.3, 0.4) is 0 Å². The van der Waals surface area contributed by atoms with Crippen LogP contribution in [0.25, 0.3) is 0 Å². The molecule has 2 aromatic heterocycles. The van der Waals surface area contributed by atoms with Gasteiger partial charge in [-0.3, -0.25) is 0 Å². The van der Waals surface area contributed by atoms with Gasteiger partial charge in [-0.2, -0.15) is 0 Å². The van der Waals surface area contributed by atoms with Crippen LogP contribution in [-0.4, -0.2) is 13.1 Å². The van der Waals surface area contributed by atoms with E-state index >= 15 is 0 Å². The Morgan fingerprint density at radius 1 is 0.667 bits per heavy atom. The second-order valence-electron chi connectivity index (χ2n) is 5.83. The molecule has 0 aliphatic heterocycles. The number of thiophene rings is 2. The van der Waals surface area contributed by atoms with Crippen molar-refractivity contribution in [3.05, 3.63) is 80.2 Å². The lowest BCUT2D eigenvalue weighted by Crippen LogP contribution is -2.18. The van der Waals surface area contributed by atoms with Gasteiger partial charge in [0, 0.05) is 35.9 Å². The first-order valence-corrected chi connectivity index (χ1v) is 10.2. The number of rotatable bonds is 10. The Kier molecular flexibility index (Phi) is 7.05. The van der Waals surface area contributed by atoms with Gasteiger partial charge in [0.05, 0.1) is 0 Å². The van der Waals surface area contributed by atoms with E-state index in [1.807, 2.05) is 22.7 Å². The normalized spacial score (nSPS) is 11.0. The summed E-state index contributed by atoms with van der Waals surface area (Å²) >= 11 is 3.67. The molecule has 3 rings (SSSR count). The molecule has 2 nitrogen and oxygen atoms in total. The van der Waals surface area contributed by atoms with E-state index in [0.29, 0.717) is 0 Å². The molecule has 126 valence electrons. The highest BCUT2D eigenvalue weighted by Crippen LogP contribution is 2.10. The highest BCUT2D eigenvalue weighted by atomic mass is 32.1. The van der Waals surface area contributed by atoms with Crippen molar-refractivity contribution in [3.8, 4) is 0 Å². The summed E-state index contributed by atoms with van der Waals surface area (Å²) in [4.78, 5) is 2.90. The van der Waals surface area contributed by atoms with Crippen molar-refractivity contribution in [2.24, 2.45) is 0 Å². The van der Waals surface area contributed by atoms with Crippen LogP contribution in [0.4, 0.5) is 0 Å². The molecule has 0 aliphatic carbocycles. The molecule has 0 amide bonds. The molecule has 0 saturated carbocycles. The van der Waals surface area contributed by atoms with Gasteiger partial charge < -0.3 is 10.6 Å². The van der Waals surface area contributed by atoms with E-state index in [1.54, 1.807) is 0 Å². The van der Waals surface area contributed by atoms with Crippen LogP contribution in [0.5, 0.6) is 0 Å². The Bertz CT molecular complexity index is 633. The predicted octanol–water partition coefficient (Wildman–Crippen LogP) is 4.47. The van der Waals surface area contributed by atoms with Crippen molar-refractivity contribution in [2.45, 2.75) is 25.9 Å². The second kappa shape index (κ2) is 9.74. The van der Waals surface area contributed by atoms with E-state index in [0.717, 1.165) is 39.0 Å². The zero-order valence-corrected chi connectivity index (χ0v) is 15.5. The lowest BCUT2D eigenvalue weighted by Gasteiger charge is -2.08. The van der Waals surface area contributed by atoms with E-state index in [4.69, 9.17) is 0 Å². The second-order valence-corrected chi connectivity index (χ2v) is 7.90. The average molecular weight is 357 g/mol. The van der Waals surface area contributed by atoms with Gasteiger partial charge in [-0.05, 0) is 46.9 Å². The number of benzene rings is 1. The first-order chi connectivity index (χ1) is 11.9. The Hall–Kier alpha value is -1.46. The number of hydrogen-bond donors (Lipinski definition) is 2. The number of nitrogens with one attached hydrogen (secondary N) is 2. The summed E-state index contributed by atoms with van der Waals surface area (Å²) in [5, 5.41) is 11.4. The van der Waals surface area contributed by atoms with E-state index < -0.39 is 0 Å². The van der Waals surface area contributed by atoms with Crippen molar-refractivity contribution in [1.29, 1.82) is 0 Å². The molecule has 0 spiro atoms. The maximum absolute atomic E-state index is 3.54. The molecule has 24 heavy (non-hydrogen) atoms. The van der Waals surface area contributed by atoms with E-state index in [2.05, 4.69) is 69.9 Å². The Labute approximate surface area is 152 Å².